The second-order valence-corrected chi connectivity index (χ2v) is 4.67. The van der Waals surface area contributed by atoms with Crippen LogP contribution in [0.5, 0.6) is 5.75 Å². The summed E-state index contributed by atoms with van der Waals surface area (Å²) in [5.41, 5.74) is 1.93. The number of benzene rings is 2. The second-order valence-electron chi connectivity index (χ2n) is 4.67. The molecular formula is C16H18FNO2. The van der Waals surface area contributed by atoms with Gasteiger partial charge in [-0.1, -0.05) is 17.7 Å². The van der Waals surface area contributed by atoms with E-state index in [1.165, 1.54) is 12.1 Å². The average Bonchev–Trinajstić information content (AvgIpc) is 2.46. The van der Waals surface area contributed by atoms with Gasteiger partial charge in [0, 0.05) is 12.2 Å². The molecule has 0 aliphatic carbocycles. The molecule has 0 saturated heterocycles. The number of aliphatic hydroxyl groups is 1. The topological polar surface area (TPSA) is 41.5 Å². The zero-order valence-electron chi connectivity index (χ0n) is 11.3. The molecule has 1 unspecified atom stereocenters. The van der Waals surface area contributed by atoms with Crippen LogP contribution in [0.25, 0.3) is 0 Å². The summed E-state index contributed by atoms with van der Waals surface area (Å²) >= 11 is 0. The number of aryl methyl sites for hydroxylation is 1. The van der Waals surface area contributed by atoms with Gasteiger partial charge in [0.25, 0.3) is 0 Å². The number of halogens is 1. The first-order chi connectivity index (χ1) is 9.63. The van der Waals surface area contributed by atoms with Crippen molar-refractivity contribution >= 4 is 5.69 Å². The molecule has 0 spiro atoms. The molecule has 0 fully saturated rings. The summed E-state index contributed by atoms with van der Waals surface area (Å²) in [5.74, 6) is 0.454. The third-order valence-corrected chi connectivity index (χ3v) is 2.85. The van der Waals surface area contributed by atoms with Gasteiger partial charge in [-0.15, -0.1) is 0 Å². The van der Waals surface area contributed by atoms with Crippen molar-refractivity contribution in [3.63, 3.8) is 0 Å². The molecule has 0 heterocycles. The van der Waals surface area contributed by atoms with E-state index < -0.39 is 6.10 Å². The normalized spacial score (nSPS) is 11.9. The lowest BCUT2D eigenvalue weighted by atomic mass is 10.2. The number of nitrogens with one attached hydrogen (secondary N) is 1. The molecule has 106 valence electrons. The molecule has 0 amide bonds. The Labute approximate surface area is 118 Å². The molecule has 0 aliphatic heterocycles. The average molecular weight is 275 g/mol. The van der Waals surface area contributed by atoms with Gasteiger partial charge in [0.05, 0.1) is 0 Å². The van der Waals surface area contributed by atoms with Crippen molar-refractivity contribution in [1.82, 2.24) is 0 Å². The van der Waals surface area contributed by atoms with Crippen molar-refractivity contribution in [3.8, 4) is 5.75 Å². The van der Waals surface area contributed by atoms with E-state index in [9.17, 15) is 9.50 Å². The Morgan fingerprint density at radius 2 is 1.75 bits per heavy atom. The highest BCUT2D eigenvalue weighted by Gasteiger charge is 2.05. The summed E-state index contributed by atoms with van der Waals surface area (Å²) in [7, 11) is 0. The summed E-state index contributed by atoms with van der Waals surface area (Å²) in [6.45, 7) is 2.56. The molecule has 20 heavy (non-hydrogen) atoms. The maximum atomic E-state index is 12.7. The minimum Gasteiger partial charge on any atom is -0.491 e. The van der Waals surface area contributed by atoms with E-state index in [1.54, 1.807) is 12.1 Å². The maximum Gasteiger partial charge on any atom is 0.123 e. The van der Waals surface area contributed by atoms with Crippen molar-refractivity contribution < 1.29 is 14.2 Å². The first-order valence-corrected chi connectivity index (χ1v) is 6.50. The van der Waals surface area contributed by atoms with Crippen LogP contribution in [0.15, 0.2) is 48.5 Å². The van der Waals surface area contributed by atoms with E-state index in [4.69, 9.17) is 4.74 Å². The highest BCUT2D eigenvalue weighted by Crippen LogP contribution is 2.12. The third-order valence-electron chi connectivity index (χ3n) is 2.85. The summed E-state index contributed by atoms with van der Waals surface area (Å²) in [6, 6.07) is 13.7. The first-order valence-electron chi connectivity index (χ1n) is 6.50. The van der Waals surface area contributed by atoms with Gasteiger partial charge in [-0.2, -0.15) is 0 Å². The smallest absolute Gasteiger partial charge is 0.123 e. The molecule has 2 aromatic carbocycles. The van der Waals surface area contributed by atoms with E-state index in [0.29, 0.717) is 6.54 Å². The van der Waals surface area contributed by atoms with E-state index >= 15 is 0 Å². The standard InChI is InChI=1S/C16H18FNO2/c1-12-2-8-16(9-3-12)20-11-15(19)10-18-14-6-4-13(17)5-7-14/h2-9,15,18-19H,10-11H2,1H3. The largest absolute Gasteiger partial charge is 0.491 e. The first kappa shape index (κ1) is 14.3. The van der Waals surface area contributed by atoms with Crippen LogP contribution < -0.4 is 10.1 Å². The third kappa shape index (κ3) is 4.55. The number of hydrogen-bond donors (Lipinski definition) is 2. The van der Waals surface area contributed by atoms with Gasteiger partial charge in [0.15, 0.2) is 0 Å². The zero-order valence-corrected chi connectivity index (χ0v) is 11.3. The van der Waals surface area contributed by atoms with Crippen molar-refractivity contribution in [3.05, 3.63) is 59.9 Å². The second kappa shape index (κ2) is 6.91. The van der Waals surface area contributed by atoms with Crippen molar-refractivity contribution in [2.24, 2.45) is 0 Å². The van der Waals surface area contributed by atoms with E-state index in [2.05, 4.69) is 5.32 Å². The molecule has 0 bridgehead atoms. The fourth-order valence-electron chi connectivity index (χ4n) is 1.69. The Balaban J connectivity index is 1.73. The lowest BCUT2D eigenvalue weighted by Crippen LogP contribution is -2.26. The molecular weight excluding hydrogens is 257 g/mol. The molecule has 0 aromatic heterocycles. The number of hydrogen-bond acceptors (Lipinski definition) is 3. The van der Waals surface area contributed by atoms with Crippen LogP contribution in [0.1, 0.15) is 5.56 Å². The summed E-state index contributed by atoms with van der Waals surface area (Å²) in [6.07, 6.45) is -0.638. The molecule has 0 radical (unpaired) electrons. The molecule has 0 aliphatic rings. The van der Waals surface area contributed by atoms with Gasteiger partial charge in [0.2, 0.25) is 0 Å². The predicted octanol–water partition coefficient (Wildman–Crippen LogP) is 2.99. The minimum absolute atomic E-state index is 0.206. The monoisotopic (exact) mass is 275 g/mol. The number of rotatable bonds is 6. The zero-order chi connectivity index (χ0) is 14.4. The Bertz CT molecular complexity index is 476. The van der Waals surface area contributed by atoms with Crippen molar-refractivity contribution in [1.29, 1.82) is 0 Å². The van der Waals surface area contributed by atoms with Crippen LogP contribution >= 0.6 is 0 Å². The fraction of sp³-hybridized carbons (Fsp3) is 0.250. The quantitative estimate of drug-likeness (QED) is 0.851. The van der Waals surface area contributed by atoms with Crippen molar-refractivity contribution in [2.45, 2.75) is 13.0 Å². The Hall–Kier alpha value is -2.07. The number of ether oxygens (including phenoxy) is 1. The van der Waals surface area contributed by atoms with E-state index in [1.807, 2.05) is 31.2 Å². The van der Waals surface area contributed by atoms with Gasteiger partial charge in [0.1, 0.15) is 24.3 Å². The molecule has 2 aromatic rings. The Morgan fingerprint density at radius 1 is 1.10 bits per heavy atom. The molecule has 4 heteroatoms. The summed E-state index contributed by atoms with van der Waals surface area (Å²) in [5, 5.41) is 12.8. The van der Waals surface area contributed by atoms with Gasteiger partial charge in [-0.05, 0) is 43.3 Å². The molecule has 2 N–H and O–H groups in total. The molecule has 3 nitrogen and oxygen atoms in total. The predicted molar refractivity (Wildman–Crippen MR) is 77.6 cm³/mol. The SMILES string of the molecule is Cc1ccc(OCC(O)CNc2ccc(F)cc2)cc1. The van der Waals surface area contributed by atoms with Crippen LogP contribution in [0, 0.1) is 12.7 Å². The summed E-state index contributed by atoms with van der Waals surface area (Å²) < 4.78 is 18.2. The van der Waals surface area contributed by atoms with E-state index in [0.717, 1.165) is 17.0 Å². The van der Waals surface area contributed by atoms with Crippen LogP contribution in [-0.4, -0.2) is 24.4 Å². The Kier molecular flexibility index (Phi) is 4.96. The maximum absolute atomic E-state index is 12.7. The Morgan fingerprint density at radius 3 is 2.40 bits per heavy atom. The minimum atomic E-state index is -0.638. The van der Waals surface area contributed by atoms with Crippen LogP contribution in [0.2, 0.25) is 0 Å². The van der Waals surface area contributed by atoms with Gasteiger partial charge in [-0.3, -0.25) is 0 Å². The van der Waals surface area contributed by atoms with Crippen LogP contribution in [0.4, 0.5) is 10.1 Å². The number of anilines is 1. The fourth-order valence-corrected chi connectivity index (χ4v) is 1.69. The van der Waals surface area contributed by atoms with Gasteiger partial charge >= 0.3 is 0 Å². The van der Waals surface area contributed by atoms with Crippen molar-refractivity contribution in [2.75, 3.05) is 18.5 Å². The lowest BCUT2D eigenvalue weighted by Gasteiger charge is -2.14. The van der Waals surface area contributed by atoms with Crippen LogP contribution in [-0.2, 0) is 0 Å². The highest BCUT2D eigenvalue weighted by atomic mass is 19.1. The van der Waals surface area contributed by atoms with Gasteiger partial charge < -0.3 is 15.2 Å². The molecule has 0 saturated carbocycles. The van der Waals surface area contributed by atoms with Gasteiger partial charge in [-0.25, -0.2) is 4.39 Å². The highest BCUT2D eigenvalue weighted by molar-refractivity contribution is 5.42. The lowest BCUT2D eigenvalue weighted by molar-refractivity contribution is 0.117. The number of aliphatic hydroxyl groups excluding tert-OH is 1. The van der Waals surface area contributed by atoms with E-state index in [-0.39, 0.29) is 12.4 Å². The summed E-state index contributed by atoms with van der Waals surface area (Å²) in [4.78, 5) is 0. The molecule has 2 rings (SSSR count). The molecule has 1 atom stereocenters. The van der Waals surface area contributed by atoms with Crippen LogP contribution in [0.3, 0.4) is 0 Å².